The van der Waals surface area contributed by atoms with Crippen molar-refractivity contribution in [2.75, 3.05) is 12.3 Å². The third-order valence-corrected chi connectivity index (χ3v) is 6.08. The zero-order valence-electron chi connectivity index (χ0n) is 12.8. The molecule has 5 heteroatoms. The molecule has 0 radical (unpaired) electrons. The minimum Gasteiger partial charge on any atom is -0.340 e. The summed E-state index contributed by atoms with van der Waals surface area (Å²) < 4.78 is 0. The summed E-state index contributed by atoms with van der Waals surface area (Å²) in [5, 5.41) is 3.44. The Hall–Kier alpha value is -0.710. The van der Waals surface area contributed by atoms with E-state index < -0.39 is 5.54 Å². The van der Waals surface area contributed by atoms with Crippen LogP contribution in [0.15, 0.2) is 0 Å². The molecule has 1 N–H and O–H groups in total. The van der Waals surface area contributed by atoms with Crippen LogP contribution in [-0.4, -0.2) is 45.8 Å². The Balaban J connectivity index is 2.21. The highest BCUT2D eigenvalue weighted by Gasteiger charge is 2.48. The number of thioether (sulfide) groups is 1. The Labute approximate surface area is 126 Å². The second kappa shape index (κ2) is 6.37. The topological polar surface area (TPSA) is 49.4 Å². The van der Waals surface area contributed by atoms with Crippen LogP contribution in [0.1, 0.15) is 52.9 Å². The lowest BCUT2D eigenvalue weighted by Crippen LogP contribution is -2.68. The summed E-state index contributed by atoms with van der Waals surface area (Å²) >= 11 is 1.93. The molecule has 2 aliphatic rings. The number of carbonyl (C=O) groups excluding carboxylic acids is 2. The third kappa shape index (κ3) is 2.69. The van der Waals surface area contributed by atoms with E-state index in [1.165, 1.54) is 12.8 Å². The summed E-state index contributed by atoms with van der Waals surface area (Å²) in [4.78, 5) is 26.8. The van der Waals surface area contributed by atoms with Crippen molar-refractivity contribution in [2.24, 2.45) is 0 Å². The van der Waals surface area contributed by atoms with Gasteiger partial charge in [0.05, 0.1) is 6.54 Å². The minimum atomic E-state index is -0.667. The molecule has 2 amide bonds. The molecule has 20 heavy (non-hydrogen) atoms. The molecule has 0 bridgehead atoms. The first-order valence-corrected chi connectivity index (χ1v) is 8.86. The maximum atomic E-state index is 12.9. The molecule has 0 aromatic carbocycles. The van der Waals surface area contributed by atoms with Crippen LogP contribution >= 0.6 is 11.8 Å². The minimum absolute atomic E-state index is 0.000415. The van der Waals surface area contributed by atoms with Gasteiger partial charge in [0, 0.05) is 11.3 Å². The lowest BCUT2D eigenvalue weighted by atomic mass is 9.88. The highest BCUT2D eigenvalue weighted by Crippen LogP contribution is 2.36. The normalized spacial score (nSPS) is 29.6. The van der Waals surface area contributed by atoms with Crippen molar-refractivity contribution < 1.29 is 9.59 Å². The van der Waals surface area contributed by atoms with Crippen LogP contribution in [-0.2, 0) is 9.59 Å². The Morgan fingerprint density at radius 1 is 1.25 bits per heavy atom. The summed E-state index contributed by atoms with van der Waals surface area (Å²) in [6.07, 6.45) is 4.71. The molecule has 0 aromatic heterocycles. The molecule has 2 fully saturated rings. The van der Waals surface area contributed by atoms with E-state index >= 15 is 0 Å². The third-order valence-electron chi connectivity index (χ3n) is 4.77. The Bertz CT molecular complexity index is 382. The van der Waals surface area contributed by atoms with Crippen molar-refractivity contribution in [3.05, 3.63) is 0 Å². The van der Waals surface area contributed by atoms with E-state index in [1.807, 2.05) is 30.5 Å². The number of hydrogen-bond acceptors (Lipinski definition) is 3. The van der Waals surface area contributed by atoms with Crippen molar-refractivity contribution in [3.63, 3.8) is 0 Å². The molecule has 2 atom stereocenters. The first-order valence-electron chi connectivity index (χ1n) is 7.81. The zero-order valence-corrected chi connectivity index (χ0v) is 13.6. The molecule has 0 spiro atoms. The summed E-state index contributed by atoms with van der Waals surface area (Å²) in [6.45, 7) is 6.37. The maximum Gasteiger partial charge on any atom is 0.249 e. The molecule has 114 valence electrons. The van der Waals surface area contributed by atoms with Gasteiger partial charge in [0.2, 0.25) is 11.8 Å². The second-order valence-corrected chi connectivity index (χ2v) is 7.28. The fourth-order valence-electron chi connectivity index (χ4n) is 3.53. The molecule has 1 aliphatic heterocycles. The maximum absolute atomic E-state index is 12.9. The van der Waals surface area contributed by atoms with Crippen molar-refractivity contribution in [1.29, 1.82) is 0 Å². The van der Waals surface area contributed by atoms with Crippen molar-refractivity contribution >= 4 is 23.6 Å². The van der Waals surface area contributed by atoms with Crippen LogP contribution in [0.5, 0.6) is 0 Å². The standard InChI is InChI=1S/C15H26N2O2S/c1-4-15(5-2)14(19)17(10-13(18)16-15)11-8-7-9-12(11)20-6-3/h11-12H,4-10H2,1-3H3,(H,16,18). The van der Waals surface area contributed by atoms with E-state index in [1.54, 1.807) is 0 Å². The lowest BCUT2D eigenvalue weighted by molar-refractivity contribution is -0.152. The molecule has 1 saturated carbocycles. The highest BCUT2D eigenvalue weighted by molar-refractivity contribution is 7.99. The zero-order chi connectivity index (χ0) is 14.8. The summed E-state index contributed by atoms with van der Waals surface area (Å²) in [5.74, 6) is 1.21. The van der Waals surface area contributed by atoms with Crippen LogP contribution in [0.2, 0.25) is 0 Å². The van der Waals surface area contributed by atoms with E-state index in [4.69, 9.17) is 0 Å². The van der Waals surface area contributed by atoms with Gasteiger partial charge < -0.3 is 10.2 Å². The van der Waals surface area contributed by atoms with Crippen molar-refractivity contribution in [1.82, 2.24) is 10.2 Å². The number of carbonyl (C=O) groups is 2. The van der Waals surface area contributed by atoms with E-state index in [-0.39, 0.29) is 24.4 Å². The Morgan fingerprint density at radius 3 is 2.55 bits per heavy atom. The number of amides is 2. The van der Waals surface area contributed by atoms with Gasteiger partial charge in [-0.05, 0) is 31.4 Å². The van der Waals surface area contributed by atoms with Gasteiger partial charge in [-0.1, -0.05) is 27.2 Å². The van der Waals surface area contributed by atoms with Crippen molar-refractivity contribution in [3.8, 4) is 0 Å². The molecule has 1 saturated heterocycles. The molecular formula is C15H26N2O2S. The molecule has 2 rings (SSSR count). The first-order chi connectivity index (χ1) is 9.57. The van der Waals surface area contributed by atoms with Crippen molar-refractivity contribution in [2.45, 2.75) is 69.7 Å². The smallest absolute Gasteiger partial charge is 0.249 e. The molecule has 2 unspecified atom stereocenters. The SMILES string of the molecule is CCSC1CCCC1N1CC(=O)NC(CC)(CC)C1=O. The number of nitrogens with one attached hydrogen (secondary N) is 1. The fraction of sp³-hybridized carbons (Fsp3) is 0.867. The van der Waals surface area contributed by atoms with Gasteiger partial charge in [-0.2, -0.15) is 11.8 Å². The largest absolute Gasteiger partial charge is 0.340 e. The van der Waals surface area contributed by atoms with Gasteiger partial charge in [0.15, 0.2) is 0 Å². The molecule has 0 aromatic rings. The average Bonchev–Trinajstić information content (AvgIpc) is 2.89. The van der Waals surface area contributed by atoms with Gasteiger partial charge in [-0.3, -0.25) is 9.59 Å². The monoisotopic (exact) mass is 298 g/mol. The van der Waals surface area contributed by atoms with E-state index in [9.17, 15) is 9.59 Å². The predicted molar refractivity (Wildman–Crippen MR) is 82.7 cm³/mol. The second-order valence-electron chi connectivity index (χ2n) is 5.76. The fourth-order valence-corrected chi connectivity index (χ4v) is 4.80. The number of nitrogens with zero attached hydrogens (tertiary/aromatic N) is 1. The predicted octanol–water partition coefficient (Wildman–Crippen LogP) is 2.18. The summed E-state index contributed by atoms with van der Waals surface area (Å²) in [7, 11) is 0. The van der Waals surface area contributed by atoms with Crippen LogP contribution < -0.4 is 5.32 Å². The highest BCUT2D eigenvalue weighted by atomic mass is 32.2. The van der Waals surface area contributed by atoms with Gasteiger partial charge in [-0.25, -0.2) is 0 Å². The van der Waals surface area contributed by atoms with E-state index in [0.717, 1.165) is 12.2 Å². The molecule has 1 aliphatic carbocycles. The van der Waals surface area contributed by atoms with Gasteiger partial charge in [0.1, 0.15) is 5.54 Å². The Morgan fingerprint density at radius 2 is 1.95 bits per heavy atom. The van der Waals surface area contributed by atoms with Gasteiger partial charge >= 0.3 is 0 Å². The quantitative estimate of drug-likeness (QED) is 0.846. The van der Waals surface area contributed by atoms with Gasteiger partial charge in [0.25, 0.3) is 0 Å². The number of hydrogen-bond donors (Lipinski definition) is 1. The Kier molecular flexibility index (Phi) is 4.99. The number of piperazine rings is 1. The van der Waals surface area contributed by atoms with Crippen LogP contribution in [0.4, 0.5) is 0 Å². The van der Waals surface area contributed by atoms with E-state index in [2.05, 4.69) is 12.2 Å². The van der Waals surface area contributed by atoms with Crippen LogP contribution in [0.3, 0.4) is 0 Å². The summed E-state index contributed by atoms with van der Waals surface area (Å²) in [5.41, 5.74) is -0.667. The van der Waals surface area contributed by atoms with Gasteiger partial charge in [-0.15, -0.1) is 0 Å². The molecular weight excluding hydrogens is 272 g/mol. The number of rotatable bonds is 5. The van der Waals surface area contributed by atoms with E-state index in [0.29, 0.717) is 18.1 Å². The lowest BCUT2D eigenvalue weighted by Gasteiger charge is -2.44. The first kappa shape index (κ1) is 15.7. The van der Waals surface area contributed by atoms with Crippen LogP contribution in [0, 0.1) is 0 Å². The average molecular weight is 298 g/mol. The molecule has 1 heterocycles. The molecule has 4 nitrogen and oxygen atoms in total. The summed E-state index contributed by atoms with van der Waals surface area (Å²) in [6, 6.07) is 0.246. The van der Waals surface area contributed by atoms with Crippen LogP contribution in [0.25, 0.3) is 0 Å².